The van der Waals surface area contributed by atoms with E-state index in [1.807, 2.05) is 11.8 Å². The highest BCUT2D eigenvalue weighted by molar-refractivity contribution is 7.99. The Morgan fingerprint density at radius 3 is 3.00 bits per heavy atom. The van der Waals surface area contributed by atoms with Gasteiger partial charge in [-0.2, -0.15) is 0 Å². The lowest BCUT2D eigenvalue weighted by Gasteiger charge is -2.30. The number of fused-ring (bicyclic) bond motifs is 1. The van der Waals surface area contributed by atoms with Crippen LogP contribution in [0.3, 0.4) is 0 Å². The average Bonchev–Trinajstić information content (AvgIpc) is 2.73. The van der Waals surface area contributed by atoms with Gasteiger partial charge in [0.1, 0.15) is 0 Å². The molecule has 3 rings (SSSR count). The van der Waals surface area contributed by atoms with E-state index in [4.69, 9.17) is 0 Å². The van der Waals surface area contributed by atoms with Crippen molar-refractivity contribution in [2.75, 3.05) is 25.4 Å². The van der Waals surface area contributed by atoms with E-state index in [1.54, 1.807) is 0 Å². The average molecular weight is 290 g/mol. The van der Waals surface area contributed by atoms with E-state index >= 15 is 0 Å². The van der Waals surface area contributed by atoms with Gasteiger partial charge in [0.25, 0.3) is 0 Å². The fourth-order valence-corrected chi connectivity index (χ4v) is 4.56. The minimum absolute atomic E-state index is 0.575. The Morgan fingerprint density at radius 2 is 2.10 bits per heavy atom. The molecule has 2 nitrogen and oxygen atoms in total. The van der Waals surface area contributed by atoms with E-state index in [0.717, 1.165) is 0 Å². The van der Waals surface area contributed by atoms with Gasteiger partial charge in [-0.05, 0) is 62.7 Å². The lowest BCUT2D eigenvalue weighted by Crippen LogP contribution is -2.35. The summed E-state index contributed by atoms with van der Waals surface area (Å²) in [7, 11) is 0. The molecule has 2 aliphatic heterocycles. The lowest BCUT2D eigenvalue weighted by atomic mass is 10.0. The first kappa shape index (κ1) is 14.4. The summed E-state index contributed by atoms with van der Waals surface area (Å²) in [6.07, 6.45) is 5.26. The molecule has 0 bridgehead atoms. The molecule has 0 saturated carbocycles. The number of hydrogen-bond acceptors (Lipinski definition) is 3. The van der Waals surface area contributed by atoms with Crippen molar-refractivity contribution in [3.05, 3.63) is 29.8 Å². The van der Waals surface area contributed by atoms with Gasteiger partial charge in [0.15, 0.2) is 0 Å². The second-order valence-electron chi connectivity index (χ2n) is 5.96. The van der Waals surface area contributed by atoms with Gasteiger partial charge in [0.2, 0.25) is 0 Å². The highest BCUT2D eigenvalue weighted by Gasteiger charge is 2.24. The molecule has 0 aliphatic carbocycles. The monoisotopic (exact) mass is 290 g/mol. The highest BCUT2D eigenvalue weighted by atomic mass is 32.2. The quantitative estimate of drug-likeness (QED) is 0.914. The second kappa shape index (κ2) is 6.97. The normalized spacial score (nSPS) is 27.9. The van der Waals surface area contributed by atoms with Crippen molar-refractivity contribution >= 4 is 11.8 Å². The number of rotatable bonds is 3. The maximum Gasteiger partial charge on any atom is 0.0341 e. The Hall–Kier alpha value is -0.510. The Kier molecular flexibility index (Phi) is 5.03. The van der Waals surface area contributed by atoms with Crippen molar-refractivity contribution in [1.29, 1.82) is 0 Å². The molecular formula is C17H26N2S. The van der Waals surface area contributed by atoms with Crippen molar-refractivity contribution < 1.29 is 0 Å². The fraction of sp³-hybridized carbons (Fsp3) is 0.647. The van der Waals surface area contributed by atoms with Crippen LogP contribution in [-0.4, -0.2) is 36.3 Å². The summed E-state index contributed by atoms with van der Waals surface area (Å²) >= 11 is 2.01. The first-order valence-corrected chi connectivity index (χ1v) is 9.05. The van der Waals surface area contributed by atoms with Gasteiger partial charge in [-0.15, -0.1) is 11.8 Å². The number of nitrogens with one attached hydrogen (secondary N) is 1. The van der Waals surface area contributed by atoms with Crippen LogP contribution in [0, 0.1) is 0 Å². The number of hydrogen-bond donors (Lipinski definition) is 1. The molecule has 2 unspecified atom stereocenters. The van der Waals surface area contributed by atoms with Crippen molar-refractivity contribution in [1.82, 2.24) is 10.2 Å². The summed E-state index contributed by atoms with van der Waals surface area (Å²) in [5.74, 6) is 1.25. The maximum absolute atomic E-state index is 3.96. The first-order valence-electron chi connectivity index (χ1n) is 8.07. The molecular weight excluding hydrogens is 264 g/mol. The summed E-state index contributed by atoms with van der Waals surface area (Å²) in [4.78, 5) is 4.08. The highest BCUT2D eigenvalue weighted by Crippen LogP contribution is 2.36. The maximum atomic E-state index is 3.96. The number of likely N-dealkylation sites (tertiary alicyclic amines) is 1. The van der Waals surface area contributed by atoms with E-state index in [2.05, 4.69) is 41.4 Å². The third kappa shape index (κ3) is 3.38. The third-order valence-electron chi connectivity index (χ3n) is 4.66. The molecule has 1 aromatic carbocycles. The van der Waals surface area contributed by atoms with Crippen LogP contribution in [0.4, 0.5) is 0 Å². The summed E-state index contributed by atoms with van der Waals surface area (Å²) in [6, 6.07) is 10.2. The van der Waals surface area contributed by atoms with E-state index < -0.39 is 0 Å². The second-order valence-corrected chi connectivity index (χ2v) is 7.09. The summed E-state index contributed by atoms with van der Waals surface area (Å²) in [5, 5.41) is 3.96. The Labute approximate surface area is 127 Å². The molecule has 1 saturated heterocycles. The molecule has 1 aromatic rings. The molecule has 1 fully saturated rings. The predicted molar refractivity (Wildman–Crippen MR) is 87.4 cm³/mol. The van der Waals surface area contributed by atoms with Crippen molar-refractivity contribution in [2.45, 2.75) is 49.6 Å². The minimum Gasteiger partial charge on any atom is -0.307 e. The predicted octanol–water partition coefficient (Wildman–Crippen LogP) is 3.69. The van der Waals surface area contributed by atoms with Gasteiger partial charge in [-0.1, -0.05) is 25.1 Å². The smallest absolute Gasteiger partial charge is 0.0341 e. The Bertz CT molecular complexity index is 435. The zero-order chi connectivity index (χ0) is 13.8. The van der Waals surface area contributed by atoms with Gasteiger partial charge >= 0.3 is 0 Å². The van der Waals surface area contributed by atoms with Crippen molar-refractivity contribution in [3.63, 3.8) is 0 Å². The molecule has 2 heterocycles. The first-order chi connectivity index (χ1) is 9.86. The molecule has 2 aliphatic rings. The van der Waals surface area contributed by atoms with Crippen LogP contribution in [0.25, 0.3) is 0 Å². The van der Waals surface area contributed by atoms with Crippen molar-refractivity contribution in [3.8, 4) is 0 Å². The van der Waals surface area contributed by atoms with E-state index in [1.165, 1.54) is 61.5 Å². The summed E-state index contributed by atoms with van der Waals surface area (Å²) in [5.41, 5.74) is 1.53. The topological polar surface area (TPSA) is 15.3 Å². The third-order valence-corrected chi connectivity index (χ3v) is 5.79. The molecule has 2 atom stereocenters. The molecule has 0 aromatic heterocycles. The standard InChI is InChI=1S/C17H26N2S/c1-2-19-11-5-6-14(9-12-19)18-16-10-13-20-17-8-4-3-7-15(16)17/h3-4,7-8,14,16,18H,2,5-6,9-13H2,1H3. The van der Waals surface area contributed by atoms with Gasteiger partial charge in [0.05, 0.1) is 0 Å². The van der Waals surface area contributed by atoms with Crippen LogP contribution in [0.15, 0.2) is 29.2 Å². The van der Waals surface area contributed by atoms with Gasteiger partial charge in [-0.25, -0.2) is 0 Å². The van der Waals surface area contributed by atoms with Gasteiger partial charge in [-0.3, -0.25) is 0 Å². The number of thioether (sulfide) groups is 1. The number of nitrogens with zero attached hydrogens (tertiary/aromatic N) is 1. The Balaban J connectivity index is 1.64. The zero-order valence-electron chi connectivity index (χ0n) is 12.5. The van der Waals surface area contributed by atoms with Gasteiger partial charge < -0.3 is 10.2 Å². The summed E-state index contributed by atoms with van der Waals surface area (Å²) in [6.45, 7) is 6.03. The molecule has 0 spiro atoms. The zero-order valence-corrected chi connectivity index (χ0v) is 13.3. The SMILES string of the molecule is CCN1CCCC(NC2CCSc3ccccc32)CC1. The van der Waals surface area contributed by atoms with Crippen LogP contribution in [0.1, 0.15) is 44.2 Å². The lowest BCUT2D eigenvalue weighted by molar-refractivity contribution is 0.294. The molecule has 20 heavy (non-hydrogen) atoms. The van der Waals surface area contributed by atoms with Crippen LogP contribution in [0.5, 0.6) is 0 Å². The molecule has 110 valence electrons. The van der Waals surface area contributed by atoms with Crippen LogP contribution >= 0.6 is 11.8 Å². The van der Waals surface area contributed by atoms with Crippen LogP contribution in [-0.2, 0) is 0 Å². The molecule has 1 N–H and O–H groups in total. The van der Waals surface area contributed by atoms with Crippen LogP contribution < -0.4 is 5.32 Å². The van der Waals surface area contributed by atoms with E-state index in [0.29, 0.717) is 12.1 Å². The van der Waals surface area contributed by atoms with Crippen molar-refractivity contribution in [2.24, 2.45) is 0 Å². The molecule has 3 heteroatoms. The van der Waals surface area contributed by atoms with Gasteiger partial charge in [0, 0.05) is 17.0 Å². The Morgan fingerprint density at radius 1 is 1.20 bits per heavy atom. The van der Waals surface area contributed by atoms with E-state index in [9.17, 15) is 0 Å². The summed E-state index contributed by atoms with van der Waals surface area (Å²) < 4.78 is 0. The minimum atomic E-state index is 0.575. The fourth-order valence-electron chi connectivity index (χ4n) is 3.44. The van der Waals surface area contributed by atoms with Crippen LogP contribution in [0.2, 0.25) is 0 Å². The van der Waals surface area contributed by atoms with E-state index in [-0.39, 0.29) is 0 Å². The molecule has 0 radical (unpaired) electrons. The molecule has 0 amide bonds. The largest absolute Gasteiger partial charge is 0.307 e. The number of benzene rings is 1.